The molecule has 0 bridgehead atoms. The molecule has 0 fully saturated rings. The zero-order valence-corrected chi connectivity index (χ0v) is 14.5. The maximum atomic E-state index is 12.2. The van der Waals surface area contributed by atoms with Gasteiger partial charge in [-0.05, 0) is 49.2 Å². The molecule has 0 saturated carbocycles. The second kappa shape index (κ2) is 6.98. The highest BCUT2D eigenvalue weighted by Gasteiger charge is 2.15. The summed E-state index contributed by atoms with van der Waals surface area (Å²) in [5.74, 6) is -0.227. The van der Waals surface area contributed by atoms with Crippen molar-refractivity contribution in [2.45, 2.75) is 19.1 Å². The Labute approximate surface area is 148 Å². The fourth-order valence-electron chi connectivity index (χ4n) is 2.22. The van der Waals surface area contributed by atoms with Crippen LogP contribution in [-0.2, 0) is 0 Å². The van der Waals surface area contributed by atoms with Gasteiger partial charge in [0.2, 0.25) is 5.89 Å². The van der Waals surface area contributed by atoms with Crippen molar-refractivity contribution >= 4 is 17.5 Å². The lowest BCUT2D eigenvalue weighted by Crippen LogP contribution is -2.02. The first-order valence-corrected chi connectivity index (χ1v) is 8.51. The van der Waals surface area contributed by atoms with Crippen molar-refractivity contribution in [2.75, 3.05) is 5.75 Å². The molecule has 7 heteroatoms. The third kappa shape index (κ3) is 3.83. The maximum absolute atomic E-state index is 12.2. The number of ketones is 1. The van der Waals surface area contributed by atoms with Crippen LogP contribution in [0.5, 0.6) is 11.5 Å². The summed E-state index contributed by atoms with van der Waals surface area (Å²) in [6.07, 6.45) is 0. The average Bonchev–Trinajstić information content (AvgIpc) is 3.04. The Morgan fingerprint density at radius 3 is 2.60 bits per heavy atom. The van der Waals surface area contributed by atoms with Crippen molar-refractivity contribution < 1.29 is 19.4 Å². The molecule has 25 heavy (non-hydrogen) atoms. The Balaban J connectivity index is 1.69. The van der Waals surface area contributed by atoms with E-state index in [1.807, 2.05) is 32.0 Å². The molecule has 0 saturated heterocycles. The number of hydrogen-bond acceptors (Lipinski definition) is 7. The van der Waals surface area contributed by atoms with E-state index in [0.717, 1.165) is 29.0 Å². The maximum Gasteiger partial charge on any atom is 0.277 e. The number of phenols is 2. The van der Waals surface area contributed by atoms with Crippen molar-refractivity contribution in [1.29, 1.82) is 0 Å². The van der Waals surface area contributed by atoms with Crippen molar-refractivity contribution in [3.8, 4) is 23.0 Å². The number of aromatic hydroxyl groups is 2. The number of nitrogens with zero attached hydrogens (tertiary/aromatic N) is 2. The second-order valence-corrected chi connectivity index (χ2v) is 6.51. The van der Waals surface area contributed by atoms with Gasteiger partial charge in [-0.3, -0.25) is 4.79 Å². The molecule has 2 N–H and O–H groups in total. The largest absolute Gasteiger partial charge is 0.508 e. The Bertz CT molecular complexity index is 937. The highest BCUT2D eigenvalue weighted by Crippen LogP contribution is 2.27. The van der Waals surface area contributed by atoms with Gasteiger partial charge in [-0.15, -0.1) is 10.2 Å². The lowest BCUT2D eigenvalue weighted by Gasteiger charge is -2.03. The first-order valence-electron chi connectivity index (χ1n) is 7.53. The molecule has 0 aliphatic rings. The minimum atomic E-state index is -0.298. The minimum absolute atomic E-state index is 0.0346. The summed E-state index contributed by atoms with van der Waals surface area (Å²) in [6, 6.07) is 9.71. The fourth-order valence-corrected chi connectivity index (χ4v) is 2.87. The number of hydrogen-bond donors (Lipinski definition) is 2. The van der Waals surface area contributed by atoms with Gasteiger partial charge in [0.25, 0.3) is 5.22 Å². The van der Waals surface area contributed by atoms with Crippen LogP contribution in [0, 0.1) is 13.8 Å². The van der Waals surface area contributed by atoms with Gasteiger partial charge in [-0.25, -0.2) is 0 Å². The third-order valence-corrected chi connectivity index (χ3v) is 4.59. The van der Waals surface area contributed by atoms with Crippen LogP contribution in [0.1, 0.15) is 21.5 Å². The topological polar surface area (TPSA) is 96.5 Å². The summed E-state index contributed by atoms with van der Waals surface area (Å²) in [5, 5.41) is 27.2. The second-order valence-electron chi connectivity index (χ2n) is 5.59. The molecular weight excluding hydrogens is 340 g/mol. The summed E-state index contributed by atoms with van der Waals surface area (Å²) in [7, 11) is 0. The lowest BCUT2D eigenvalue weighted by atomic mass is 10.1. The van der Waals surface area contributed by atoms with Gasteiger partial charge in [-0.1, -0.05) is 17.8 Å². The number of phenolic OH excluding ortho intramolecular Hbond substituents is 2. The van der Waals surface area contributed by atoms with Crippen LogP contribution in [0.3, 0.4) is 0 Å². The zero-order chi connectivity index (χ0) is 18.0. The number of carbonyl (C=O) groups excluding carboxylic acids is 1. The predicted octanol–water partition coefficient (Wildman–Crippen LogP) is 3.74. The smallest absolute Gasteiger partial charge is 0.277 e. The first-order chi connectivity index (χ1) is 11.9. The zero-order valence-electron chi connectivity index (χ0n) is 13.7. The number of aromatic nitrogens is 2. The number of Topliss-reactive ketones (excluding diaryl/α,β-unsaturated/α-hetero) is 1. The van der Waals surface area contributed by atoms with Crippen LogP contribution < -0.4 is 0 Å². The predicted molar refractivity (Wildman–Crippen MR) is 94.0 cm³/mol. The standard InChI is InChI=1S/C18H16N2O4S/c1-10-3-4-12(7-11(10)2)17-19-20-18(24-17)25-9-16(23)14-6-5-13(21)8-15(14)22/h3-8,21-22H,9H2,1-2H3. The Hall–Kier alpha value is -2.80. The van der Waals surface area contributed by atoms with Crippen molar-refractivity contribution in [3.05, 3.63) is 53.1 Å². The molecule has 3 rings (SSSR count). The van der Waals surface area contributed by atoms with E-state index in [0.29, 0.717) is 5.89 Å². The SMILES string of the molecule is Cc1ccc(-c2nnc(SCC(=O)c3ccc(O)cc3O)o2)cc1C. The number of thioether (sulfide) groups is 1. The van der Waals surface area contributed by atoms with Gasteiger partial charge in [0.15, 0.2) is 5.78 Å². The molecule has 0 unspecified atom stereocenters. The molecule has 0 radical (unpaired) electrons. The molecule has 1 aromatic heterocycles. The molecule has 0 spiro atoms. The highest BCUT2D eigenvalue weighted by atomic mass is 32.2. The van der Waals surface area contributed by atoms with E-state index in [1.165, 1.54) is 17.7 Å². The van der Waals surface area contributed by atoms with E-state index in [2.05, 4.69) is 10.2 Å². The molecule has 2 aromatic carbocycles. The highest BCUT2D eigenvalue weighted by molar-refractivity contribution is 7.99. The Kier molecular flexibility index (Phi) is 4.76. The summed E-state index contributed by atoms with van der Waals surface area (Å²) in [6.45, 7) is 4.03. The molecule has 1 heterocycles. The van der Waals surface area contributed by atoms with Crippen molar-refractivity contribution in [3.63, 3.8) is 0 Å². The summed E-state index contributed by atoms with van der Waals surface area (Å²) >= 11 is 1.10. The van der Waals surface area contributed by atoms with Crippen LogP contribution >= 0.6 is 11.8 Å². The quantitative estimate of drug-likeness (QED) is 0.531. The van der Waals surface area contributed by atoms with E-state index in [-0.39, 0.29) is 33.8 Å². The van der Waals surface area contributed by atoms with E-state index in [4.69, 9.17) is 4.42 Å². The molecule has 0 atom stereocenters. The average molecular weight is 356 g/mol. The monoisotopic (exact) mass is 356 g/mol. The van der Waals surface area contributed by atoms with Crippen LogP contribution in [0.4, 0.5) is 0 Å². The van der Waals surface area contributed by atoms with Crippen LogP contribution in [-0.4, -0.2) is 31.9 Å². The van der Waals surface area contributed by atoms with Gasteiger partial charge < -0.3 is 14.6 Å². The third-order valence-electron chi connectivity index (χ3n) is 3.77. The molecule has 0 aliphatic heterocycles. The van der Waals surface area contributed by atoms with Crippen molar-refractivity contribution in [2.24, 2.45) is 0 Å². The van der Waals surface area contributed by atoms with Gasteiger partial charge in [0, 0.05) is 11.6 Å². The van der Waals surface area contributed by atoms with Crippen LogP contribution in [0.25, 0.3) is 11.5 Å². The van der Waals surface area contributed by atoms with E-state index < -0.39 is 0 Å². The number of benzene rings is 2. The van der Waals surface area contributed by atoms with Gasteiger partial charge in [0.1, 0.15) is 11.5 Å². The van der Waals surface area contributed by atoms with Gasteiger partial charge in [-0.2, -0.15) is 0 Å². The van der Waals surface area contributed by atoms with E-state index in [1.54, 1.807) is 0 Å². The molecule has 0 amide bonds. The Morgan fingerprint density at radius 1 is 1.08 bits per heavy atom. The Morgan fingerprint density at radius 2 is 1.88 bits per heavy atom. The van der Waals surface area contributed by atoms with Crippen molar-refractivity contribution in [1.82, 2.24) is 10.2 Å². The number of aryl methyl sites for hydroxylation is 2. The summed E-state index contributed by atoms with van der Waals surface area (Å²) in [4.78, 5) is 12.2. The molecule has 0 aliphatic carbocycles. The summed E-state index contributed by atoms with van der Waals surface area (Å²) < 4.78 is 5.59. The lowest BCUT2D eigenvalue weighted by molar-refractivity contribution is 0.101. The first kappa shape index (κ1) is 17.0. The van der Waals surface area contributed by atoms with Crippen LogP contribution in [0.2, 0.25) is 0 Å². The molecule has 128 valence electrons. The van der Waals surface area contributed by atoms with Crippen LogP contribution in [0.15, 0.2) is 46.0 Å². The normalized spacial score (nSPS) is 10.8. The van der Waals surface area contributed by atoms with Gasteiger partial charge >= 0.3 is 0 Å². The number of carbonyl (C=O) groups is 1. The molecular formula is C18H16N2O4S. The van der Waals surface area contributed by atoms with E-state index in [9.17, 15) is 15.0 Å². The fraction of sp³-hybridized carbons (Fsp3) is 0.167. The number of rotatable bonds is 5. The minimum Gasteiger partial charge on any atom is -0.508 e. The summed E-state index contributed by atoms with van der Waals surface area (Å²) in [5.41, 5.74) is 3.27. The molecule has 3 aromatic rings. The van der Waals surface area contributed by atoms with E-state index >= 15 is 0 Å². The molecule has 6 nitrogen and oxygen atoms in total. The van der Waals surface area contributed by atoms with Gasteiger partial charge in [0.05, 0.1) is 11.3 Å².